The van der Waals surface area contributed by atoms with Crippen molar-refractivity contribution < 1.29 is 14.3 Å². The second-order valence-corrected chi connectivity index (χ2v) is 7.76. The maximum atomic E-state index is 12.6. The van der Waals surface area contributed by atoms with E-state index in [-0.39, 0.29) is 17.9 Å². The number of ether oxygens (including phenoxy) is 2. The molecule has 1 N–H and O–H groups in total. The van der Waals surface area contributed by atoms with Gasteiger partial charge in [-0.3, -0.25) is 4.79 Å². The van der Waals surface area contributed by atoms with E-state index in [0.717, 1.165) is 33.5 Å². The molecule has 0 aromatic heterocycles. The minimum atomic E-state index is -0.0740. The Kier molecular flexibility index (Phi) is 6.20. The van der Waals surface area contributed by atoms with Crippen molar-refractivity contribution >= 4 is 21.8 Å². The Bertz CT molecular complexity index is 758. The fourth-order valence-corrected chi connectivity index (χ4v) is 3.28. The topological polar surface area (TPSA) is 47.6 Å². The SMILES string of the molecule is CC(C)C(NC(=O)Cc1ccc(Br)cc1)c1ccc2c(c1)OCCCO2. The van der Waals surface area contributed by atoms with Gasteiger partial charge in [0.2, 0.25) is 5.91 Å². The molecule has 0 bridgehead atoms. The molecule has 3 rings (SSSR count). The van der Waals surface area contributed by atoms with Crippen LogP contribution in [0.4, 0.5) is 0 Å². The molecule has 1 unspecified atom stereocenters. The van der Waals surface area contributed by atoms with Crippen LogP contribution < -0.4 is 14.8 Å². The van der Waals surface area contributed by atoms with Crippen molar-refractivity contribution in [3.8, 4) is 11.5 Å². The average molecular weight is 418 g/mol. The molecule has 1 aliphatic heterocycles. The Morgan fingerprint density at radius 1 is 1.08 bits per heavy atom. The van der Waals surface area contributed by atoms with E-state index in [1.807, 2.05) is 42.5 Å². The molecule has 0 saturated carbocycles. The lowest BCUT2D eigenvalue weighted by Crippen LogP contribution is -2.32. The molecule has 0 fully saturated rings. The van der Waals surface area contributed by atoms with Crippen molar-refractivity contribution in [3.05, 3.63) is 58.1 Å². The van der Waals surface area contributed by atoms with Gasteiger partial charge in [0.15, 0.2) is 11.5 Å². The van der Waals surface area contributed by atoms with Gasteiger partial charge in [0.25, 0.3) is 0 Å². The lowest BCUT2D eigenvalue weighted by Gasteiger charge is -2.24. The predicted octanol–water partition coefficient (Wildman–Crippen LogP) is 4.67. The first kappa shape index (κ1) is 18.8. The number of carbonyl (C=O) groups excluding carboxylic acids is 1. The molecule has 1 aliphatic rings. The van der Waals surface area contributed by atoms with E-state index in [2.05, 4.69) is 35.1 Å². The number of amides is 1. The molecule has 0 radical (unpaired) electrons. The molecule has 0 saturated heterocycles. The summed E-state index contributed by atoms with van der Waals surface area (Å²) < 4.78 is 12.5. The molecule has 1 atom stereocenters. The van der Waals surface area contributed by atoms with Crippen molar-refractivity contribution in [2.75, 3.05) is 13.2 Å². The Balaban J connectivity index is 1.73. The van der Waals surface area contributed by atoms with Crippen molar-refractivity contribution in [1.82, 2.24) is 5.32 Å². The van der Waals surface area contributed by atoms with Gasteiger partial charge in [-0.25, -0.2) is 0 Å². The minimum absolute atomic E-state index is 0.0122. The molecular formula is C21H24BrNO3. The van der Waals surface area contributed by atoms with E-state index in [0.29, 0.717) is 19.6 Å². The Morgan fingerprint density at radius 3 is 2.46 bits per heavy atom. The first-order valence-electron chi connectivity index (χ1n) is 8.96. The number of rotatable bonds is 5. The smallest absolute Gasteiger partial charge is 0.224 e. The second-order valence-electron chi connectivity index (χ2n) is 6.85. The normalized spacial score (nSPS) is 14.6. The summed E-state index contributed by atoms with van der Waals surface area (Å²) in [5.41, 5.74) is 2.03. The van der Waals surface area contributed by atoms with Crippen LogP contribution in [0.25, 0.3) is 0 Å². The number of hydrogen-bond donors (Lipinski definition) is 1. The van der Waals surface area contributed by atoms with Gasteiger partial charge < -0.3 is 14.8 Å². The second kappa shape index (κ2) is 8.58. The van der Waals surface area contributed by atoms with Crippen LogP contribution in [0.2, 0.25) is 0 Å². The number of carbonyl (C=O) groups is 1. The standard InChI is InChI=1S/C21H24BrNO3/c1-14(2)21(23-20(24)12-15-4-7-17(22)8-5-15)16-6-9-18-19(13-16)26-11-3-10-25-18/h4-9,13-14,21H,3,10-12H2,1-2H3,(H,23,24). The summed E-state index contributed by atoms with van der Waals surface area (Å²) in [7, 11) is 0. The molecule has 138 valence electrons. The molecule has 1 amide bonds. The van der Waals surface area contributed by atoms with E-state index in [4.69, 9.17) is 9.47 Å². The Hall–Kier alpha value is -2.01. The first-order valence-corrected chi connectivity index (χ1v) is 9.75. The molecule has 2 aromatic carbocycles. The zero-order chi connectivity index (χ0) is 18.5. The van der Waals surface area contributed by atoms with Crippen molar-refractivity contribution in [3.63, 3.8) is 0 Å². The lowest BCUT2D eigenvalue weighted by molar-refractivity contribution is -0.121. The maximum Gasteiger partial charge on any atom is 0.224 e. The molecule has 0 spiro atoms. The number of nitrogens with one attached hydrogen (secondary N) is 1. The van der Waals surface area contributed by atoms with Gasteiger partial charge >= 0.3 is 0 Å². The summed E-state index contributed by atoms with van der Waals surface area (Å²) >= 11 is 3.41. The van der Waals surface area contributed by atoms with Gasteiger partial charge in [-0.1, -0.05) is 48.0 Å². The number of fused-ring (bicyclic) bond motifs is 1. The maximum absolute atomic E-state index is 12.6. The van der Waals surface area contributed by atoms with E-state index >= 15 is 0 Å². The van der Waals surface area contributed by atoms with Crippen LogP contribution in [0.1, 0.15) is 37.4 Å². The van der Waals surface area contributed by atoms with Crippen LogP contribution in [0.5, 0.6) is 11.5 Å². The molecular weight excluding hydrogens is 394 g/mol. The third kappa shape index (κ3) is 4.79. The zero-order valence-corrected chi connectivity index (χ0v) is 16.7. The summed E-state index contributed by atoms with van der Waals surface area (Å²) in [6, 6.07) is 13.7. The quantitative estimate of drug-likeness (QED) is 0.768. The molecule has 0 aliphatic carbocycles. The van der Waals surface area contributed by atoms with Crippen molar-refractivity contribution in [1.29, 1.82) is 0 Å². The summed E-state index contributed by atoms with van der Waals surface area (Å²) in [5.74, 6) is 1.80. The molecule has 4 nitrogen and oxygen atoms in total. The van der Waals surface area contributed by atoms with Gasteiger partial charge in [0.05, 0.1) is 25.7 Å². The van der Waals surface area contributed by atoms with Crippen LogP contribution in [-0.2, 0) is 11.2 Å². The average Bonchev–Trinajstić information content (AvgIpc) is 2.86. The van der Waals surface area contributed by atoms with Gasteiger partial charge in [0, 0.05) is 10.9 Å². The molecule has 1 heterocycles. The molecule has 26 heavy (non-hydrogen) atoms. The van der Waals surface area contributed by atoms with Gasteiger partial charge in [-0.05, 0) is 41.3 Å². The van der Waals surface area contributed by atoms with Crippen LogP contribution in [0.3, 0.4) is 0 Å². The zero-order valence-electron chi connectivity index (χ0n) is 15.1. The highest BCUT2D eigenvalue weighted by atomic mass is 79.9. The number of halogens is 1. The number of benzene rings is 2. The largest absolute Gasteiger partial charge is 0.490 e. The first-order chi connectivity index (χ1) is 12.5. The third-order valence-corrected chi connectivity index (χ3v) is 4.92. The Labute approximate surface area is 163 Å². The Morgan fingerprint density at radius 2 is 1.77 bits per heavy atom. The van der Waals surface area contributed by atoms with Crippen molar-refractivity contribution in [2.45, 2.75) is 32.7 Å². The van der Waals surface area contributed by atoms with Crippen LogP contribution in [0.15, 0.2) is 46.9 Å². The highest BCUT2D eigenvalue weighted by Crippen LogP contribution is 2.34. The van der Waals surface area contributed by atoms with Crippen LogP contribution in [0, 0.1) is 5.92 Å². The summed E-state index contributed by atoms with van der Waals surface area (Å²) in [4.78, 5) is 12.6. The van der Waals surface area contributed by atoms with Gasteiger partial charge in [-0.15, -0.1) is 0 Å². The highest BCUT2D eigenvalue weighted by molar-refractivity contribution is 9.10. The number of hydrogen-bond acceptors (Lipinski definition) is 3. The lowest BCUT2D eigenvalue weighted by atomic mass is 9.95. The third-order valence-electron chi connectivity index (χ3n) is 4.39. The fraction of sp³-hybridized carbons (Fsp3) is 0.381. The molecule has 5 heteroatoms. The monoisotopic (exact) mass is 417 g/mol. The highest BCUT2D eigenvalue weighted by Gasteiger charge is 2.21. The van der Waals surface area contributed by atoms with E-state index in [1.54, 1.807) is 0 Å². The van der Waals surface area contributed by atoms with E-state index in [1.165, 1.54) is 0 Å². The van der Waals surface area contributed by atoms with E-state index < -0.39 is 0 Å². The van der Waals surface area contributed by atoms with Crippen molar-refractivity contribution in [2.24, 2.45) is 5.92 Å². The van der Waals surface area contributed by atoms with Gasteiger partial charge in [0.1, 0.15) is 0 Å². The minimum Gasteiger partial charge on any atom is -0.490 e. The van der Waals surface area contributed by atoms with Crippen LogP contribution >= 0.6 is 15.9 Å². The fourth-order valence-electron chi connectivity index (χ4n) is 3.02. The summed E-state index contributed by atoms with van der Waals surface area (Å²) in [5, 5.41) is 3.17. The summed E-state index contributed by atoms with van der Waals surface area (Å²) in [6.45, 7) is 5.53. The van der Waals surface area contributed by atoms with Crippen LogP contribution in [-0.4, -0.2) is 19.1 Å². The molecule has 2 aromatic rings. The van der Waals surface area contributed by atoms with E-state index in [9.17, 15) is 4.79 Å². The predicted molar refractivity (Wildman–Crippen MR) is 106 cm³/mol. The summed E-state index contributed by atoms with van der Waals surface area (Å²) in [6.07, 6.45) is 1.24. The van der Waals surface area contributed by atoms with Gasteiger partial charge in [-0.2, -0.15) is 0 Å².